The maximum Gasteiger partial charge on any atom is 0.139 e. The molecule has 0 fully saturated rings. The molecule has 0 radical (unpaired) electrons. The van der Waals surface area contributed by atoms with Crippen molar-refractivity contribution in [2.24, 2.45) is 11.7 Å². The predicted molar refractivity (Wildman–Crippen MR) is 60.8 cm³/mol. The minimum atomic E-state index is -0.254. The Bertz CT molecular complexity index is 304. The van der Waals surface area contributed by atoms with Crippen molar-refractivity contribution in [3.63, 3.8) is 0 Å². The maximum absolute atomic E-state index is 13.1. The first-order valence-corrected chi connectivity index (χ1v) is 5.31. The summed E-state index contributed by atoms with van der Waals surface area (Å²) in [5.41, 5.74) is 6.25. The molecular weight excluding hydrogens is 247 g/mol. The highest BCUT2D eigenvalue weighted by molar-refractivity contribution is 9.10. The van der Waals surface area contributed by atoms with Gasteiger partial charge in [0, 0.05) is 12.2 Å². The number of hydrogen-bond acceptors (Lipinski definition) is 2. The van der Waals surface area contributed by atoms with Gasteiger partial charge in [-0.2, -0.15) is 0 Å². The maximum atomic E-state index is 13.1. The van der Waals surface area contributed by atoms with Crippen molar-refractivity contribution in [1.82, 2.24) is 0 Å². The lowest BCUT2D eigenvalue weighted by molar-refractivity contribution is 0.616. The van der Waals surface area contributed by atoms with E-state index >= 15 is 0 Å². The van der Waals surface area contributed by atoms with Gasteiger partial charge in [0.15, 0.2) is 0 Å². The van der Waals surface area contributed by atoms with Crippen LogP contribution in [-0.4, -0.2) is 13.1 Å². The van der Waals surface area contributed by atoms with Gasteiger partial charge in [-0.15, -0.1) is 0 Å². The Morgan fingerprint density at radius 2 is 2.29 bits per heavy atom. The summed E-state index contributed by atoms with van der Waals surface area (Å²) in [6.45, 7) is 3.44. The molecule has 0 spiro atoms. The number of rotatable bonds is 4. The van der Waals surface area contributed by atoms with Crippen LogP contribution in [0.15, 0.2) is 22.7 Å². The number of hydrogen-bond donors (Lipinski definition) is 2. The zero-order valence-electron chi connectivity index (χ0n) is 8.06. The van der Waals surface area contributed by atoms with Gasteiger partial charge in [-0.1, -0.05) is 6.92 Å². The lowest BCUT2D eigenvalue weighted by Gasteiger charge is -2.11. The van der Waals surface area contributed by atoms with Crippen molar-refractivity contribution in [1.29, 1.82) is 0 Å². The van der Waals surface area contributed by atoms with Gasteiger partial charge >= 0.3 is 0 Å². The number of benzene rings is 1. The zero-order chi connectivity index (χ0) is 10.6. The molecule has 1 aromatic carbocycles. The van der Waals surface area contributed by atoms with E-state index < -0.39 is 0 Å². The van der Waals surface area contributed by atoms with Crippen LogP contribution in [0.1, 0.15) is 6.92 Å². The highest BCUT2D eigenvalue weighted by Gasteiger charge is 2.02. The quantitative estimate of drug-likeness (QED) is 0.874. The van der Waals surface area contributed by atoms with Crippen LogP contribution >= 0.6 is 15.9 Å². The Kier molecular flexibility index (Phi) is 4.35. The fourth-order valence-electron chi connectivity index (χ4n) is 0.982. The number of halogens is 2. The minimum Gasteiger partial charge on any atom is -0.385 e. The zero-order valence-corrected chi connectivity index (χ0v) is 9.64. The number of anilines is 1. The van der Waals surface area contributed by atoms with Crippen molar-refractivity contribution >= 4 is 21.6 Å². The van der Waals surface area contributed by atoms with Crippen LogP contribution in [-0.2, 0) is 0 Å². The smallest absolute Gasteiger partial charge is 0.139 e. The Balaban J connectivity index is 2.55. The summed E-state index contributed by atoms with van der Waals surface area (Å²) < 4.78 is 13.6. The van der Waals surface area contributed by atoms with Gasteiger partial charge in [-0.05, 0) is 46.6 Å². The largest absolute Gasteiger partial charge is 0.385 e. The van der Waals surface area contributed by atoms with Crippen molar-refractivity contribution in [3.05, 3.63) is 28.5 Å². The van der Waals surface area contributed by atoms with Crippen LogP contribution in [0.2, 0.25) is 0 Å². The Labute approximate surface area is 91.8 Å². The van der Waals surface area contributed by atoms with Crippen LogP contribution in [0.4, 0.5) is 10.1 Å². The van der Waals surface area contributed by atoms with E-state index in [1.807, 2.05) is 13.0 Å². The second-order valence-corrected chi connectivity index (χ2v) is 4.20. The molecular formula is C10H14BrFN2. The normalized spacial score (nSPS) is 12.6. The monoisotopic (exact) mass is 260 g/mol. The molecule has 1 unspecified atom stereocenters. The van der Waals surface area contributed by atoms with E-state index in [1.165, 1.54) is 6.07 Å². The summed E-state index contributed by atoms with van der Waals surface area (Å²) in [7, 11) is 0. The highest BCUT2D eigenvalue weighted by atomic mass is 79.9. The fourth-order valence-corrected chi connectivity index (χ4v) is 1.23. The SMILES string of the molecule is CC(CN)CNc1ccc(Br)c(F)c1. The summed E-state index contributed by atoms with van der Waals surface area (Å²) in [5.74, 6) is 0.136. The molecule has 0 amide bonds. The van der Waals surface area contributed by atoms with Gasteiger partial charge in [-0.25, -0.2) is 4.39 Å². The molecule has 78 valence electrons. The number of nitrogens with two attached hydrogens (primary N) is 1. The van der Waals surface area contributed by atoms with Crippen molar-refractivity contribution < 1.29 is 4.39 Å². The lowest BCUT2D eigenvalue weighted by Crippen LogP contribution is -2.19. The van der Waals surface area contributed by atoms with E-state index in [0.29, 0.717) is 16.9 Å². The van der Waals surface area contributed by atoms with Crippen LogP contribution in [0, 0.1) is 11.7 Å². The third-order valence-corrected chi connectivity index (χ3v) is 2.62. The summed E-state index contributed by atoms with van der Waals surface area (Å²) in [6.07, 6.45) is 0. The van der Waals surface area contributed by atoms with Crippen molar-refractivity contribution in [3.8, 4) is 0 Å². The lowest BCUT2D eigenvalue weighted by atomic mass is 10.2. The molecule has 0 aliphatic heterocycles. The Hall–Kier alpha value is -0.610. The van der Waals surface area contributed by atoms with Crippen LogP contribution in [0.3, 0.4) is 0 Å². The molecule has 1 rings (SSSR count). The standard InChI is InChI=1S/C10H14BrFN2/c1-7(5-13)6-14-8-2-3-9(11)10(12)4-8/h2-4,7,14H,5-6,13H2,1H3. The molecule has 1 aromatic rings. The topological polar surface area (TPSA) is 38.0 Å². The minimum absolute atomic E-state index is 0.254. The van der Waals surface area contributed by atoms with Gasteiger partial charge < -0.3 is 11.1 Å². The second-order valence-electron chi connectivity index (χ2n) is 3.35. The Morgan fingerprint density at radius 3 is 2.86 bits per heavy atom. The molecule has 4 heteroatoms. The van der Waals surface area contributed by atoms with Crippen LogP contribution < -0.4 is 11.1 Å². The Morgan fingerprint density at radius 1 is 1.57 bits per heavy atom. The highest BCUT2D eigenvalue weighted by Crippen LogP contribution is 2.19. The first-order chi connectivity index (χ1) is 6.63. The molecule has 3 N–H and O–H groups in total. The van der Waals surface area contributed by atoms with Gasteiger partial charge in [0.05, 0.1) is 4.47 Å². The summed E-state index contributed by atoms with van der Waals surface area (Å²) in [5, 5.41) is 3.12. The molecule has 0 heterocycles. The van der Waals surface area contributed by atoms with Gasteiger partial charge in [0.2, 0.25) is 0 Å². The average Bonchev–Trinajstić information content (AvgIpc) is 2.19. The fraction of sp³-hybridized carbons (Fsp3) is 0.400. The molecule has 0 bridgehead atoms. The molecule has 1 atom stereocenters. The molecule has 0 saturated heterocycles. The molecule has 0 saturated carbocycles. The van der Waals surface area contributed by atoms with E-state index in [1.54, 1.807) is 6.07 Å². The first kappa shape index (κ1) is 11.5. The predicted octanol–water partition coefficient (Wildman–Crippen LogP) is 2.59. The van der Waals surface area contributed by atoms with Crippen molar-refractivity contribution in [2.75, 3.05) is 18.4 Å². The van der Waals surface area contributed by atoms with Crippen LogP contribution in [0.5, 0.6) is 0 Å². The van der Waals surface area contributed by atoms with E-state index in [2.05, 4.69) is 21.2 Å². The number of nitrogens with one attached hydrogen (secondary N) is 1. The molecule has 2 nitrogen and oxygen atoms in total. The van der Waals surface area contributed by atoms with Gasteiger partial charge in [0.25, 0.3) is 0 Å². The van der Waals surface area contributed by atoms with Gasteiger partial charge in [0.1, 0.15) is 5.82 Å². The van der Waals surface area contributed by atoms with E-state index in [0.717, 1.165) is 12.2 Å². The van der Waals surface area contributed by atoms with E-state index in [-0.39, 0.29) is 5.82 Å². The third-order valence-electron chi connectivity index (χ3n) is 1.98. The molecule has 0 aromatic heterocycles. The summed E-state index contributed by atoms with van der Waals surface area (Å²) in [6, 6.07) is 4.98. The second kappa shape index (κ2) is 5.32. The van der Waals surface area contributed by atoms with E-state index in [4.69, 9.17) is 5.73 Å². The molecule has 14 heavy (non-hydrogen) atoms. The van der Waals surface area contributed by atoms with Crippen LogP contribution in [0.25, 0.3) is 0 Å². The summed E-state index contributed by atoms with van der Waals surface area (Å²) >= 11 is 3.10. The summed E-state index contributed by atoms with van der Waals surface area (Å²) in [4.78, 5) is 0. The first-order valence-electron chi connectivity index (χ1n) is 4.52. The third kappa shape index (κ3) is 3.27. The molecule has 0 aliphatic rings. The van der Waals surface area contributed by atoms with Crippen molar-refractivity contribution in [2.45, 2.75) is 6.92 Å². The van der Waals surface area contributed by atoms with Gasteiger partial charge in [-0.3, -0.25) is 0 Å². The average molecular weight is 261 g/mol. The molecule has 0 aliphatic carbocycles. The van der Waals surface area contributed by atoms with E-state index in [9.17, 15) is 4.39 Å².